The SMILES string of the molecule is CCOC(=O)C(C)(c1cnc(-c2ccccc2)cn1)C(C)C. The topological polar surface area (TPSA) is 52.1 Å². The minimum atomic E-state index is -0.793. The Kier molecular flexibility index (Phi) is 4.91. The zero-order valence-corrected chi connectivity index (χ0v) is 13.5. The molecular formula is C18H22N2O2. The number of hydrogen-bond donors (Lipinski definition) is 0. The number of nitrogens with zero attached hydrogens (tertiary/aromatic N) is 2. The fraction of sp³-hybridized carbons (Fsp3) is 0.389. The van der Waals surface area contributed by atoms with Crippen molar-refractivity contribution in [3.8, 4) is 11.3 Å². The number of ether oxygens (including phenoxy) is 1. The van der Waals surface area contributed by atoms with Crippen molar-refractivity contribution in [1.29, 1.82) is 0 Å². The summed E-state index contributed by atoms with van der Waals surface area (Å²) in [7, 11) is 0. The first-order valence-electron chi connectivity index (χ1n) is 7.55. The van der Waals surface area contributed by atoms with Crippen LogP contribution in [0.3, 0.4) is 0 Å². The number of rotatable bonds is 5. The highest BCUT2D eigenvalue weighted by Gasteiger charge is 2.41. The van der Waals surface area contributed by atoms with Crippen LogP contribution in [-0.2, 0) is 14.9 Å². The maximum Gasteiger partial charge on any atom is 0.318 e. The summed E-state index contributed by atoms with van der Waals surface area (Å²) in [5, 5.41) is 0. The van der Waals surface area contributed by atoms with E-state index < -0.39 is 5.41 Å². The fourth-order valence-corrected chi connectivity index (χ4v) is 2.27. The zero-order chi connectivity index (χ0) is 16.2. The van der Waals surface area contributed by atoms with Crippen molar-refractivity contribution >= 4 is 5.97 Å². The second-order valence-corrected chi connectivity index (χ2v) is 5.73. The van der Waals surface area contributed by atoms with Crippen molar-refractivity contribution in [2.75, 3.05) is 6.61 Å². The van der Waals surface area contributed by atoms with Crippen LogP contribution < -0.4 is 0 Å². The zero-order valence-electron chi connectivity index (χ0n) is 13.5. The van der Waals surface area contributed by atoms with Crippen LogP contribution in [0, 0.1) is 5.92 Å². The molecular weight excluding hydrogens is 276 g/mol. The summed E-state index contributed by atoms with van der Waals surface area (Å²) in [4.78, 5) is 21.3. The van der Waals surface area contributed by atoms with Gasteiger partial charge in [-0.2, -0.15) is 0 Å². The van der Waals surface area contributed by atoms with Crippen LogP contribution in [0.2, 0.25) is 0 Å². The lowest BCUT2D eigenvalue weighted by Gasteiger charge is -2.30. The largest absolute Gasteiger partial charge is 0.465 e. The molecule has 0 saturated carbocycles. The monoisotopic (exact) mass is 298 g/mol. The minimum Gasteiger partial charge on any atom is -0.465 e. The number of carbonyl (C=O) groups excluding carboxylic acids is 1. The van der Waals surface area contributed by atoms with E-state index in [0.717, 1.165) is 11.3 Å². The van der Waals surface area contributed by atoms with Gasteiger partial charge in [0.05, 0.1) is 30.4 Å². The molecule has 0 N–H and O–H groups in total. The van der Waals surface area contributed by atoms with Crippen molar-refractivity contribution in [3.63, 3.8) is 0 Å². The van der Waals surface area contributed by atoms with Crippen molar-refractivity contribution in [1.82, 2.24) is 9.97 Å². The summed E-state index contributed by atoms with van der Waals surface area (Å²) in [6.45, 7) is 8.01. The van der Waals surface area contributed by atoms with E-state index in [1.165, 1.54) is 0 Å². The van der Waals surface area contributed by atoms with Crippen LogP contribution in [0.4, 0.5) is 0 Å². The van der Waals surface area contributed by atoms with E-state index >= 15 is 0 Å². The number of hydrogen-bond acceptors (Lipinski definition) is 4. The lowest BCUT2D eigenvalue weighted by molar-refractivity contribution is -0.151. The summed E-state index contributed by atoms with van der Waals surface area (Å²) in [6, 6.07) is 9.85. The van der Waals surface area contributed by atoms with Crippen molar-refractivity contribution in [2.24, 2.45) is 5.92 Å². The van der Waals surface area contributed by atoms with Crippen LogP contribution in [-0.4, -0.2) is 22.5 Å². The van der Waals surface area contributed by atoms with Gasteiger partial charge in [0.15, 0.2) is 0 Å². The highest BCUT2D eigenvalue weighted by Crippen LogP contribution is 2.32. The van der Waals surface area contributed by atoms with Crippen molar-refractivity contribution < 1.29 is 9.53 Å². The average Bonchev–Trinajstić information content (AvgIpc) is 2.55. The number of carbonyl (C=O) groups is 1. The van der Waals surface area contributed by atoms with Gasteiger partial charge in [0.25, 0.3) is 0 Å². The predicted octanol–water partition coefficient (Wildman–Crippen LogP) is 3.62. The van der Waals surface area contributed by atoms with E-state index in [4.69, 9.17) is 4.74 Å². The Morgan fingerprint density at radius 3 is 2.36 bits per heavy atom. The van der Waals surface area contributed by atoms with Gasteiger partial charge in [0.2, 0.25) is 0 Å². The Balaban J connectivity index is 2.37. The molecule has 0 saturated heterocycles. The summed E-state index contributed by atoms with van der Waals surface area (Å²) in [5.74, 6) is -0.199. The van der Waals surface area contributed by atoms with Crippen LogP contribution in [0.15, 0.2) is 42.7 Å². The Hall–Kier alpha value is -2.23. The van der Waals surface area contributed by atoms with Crippen LogP contribution >= 0.6 is 0 Å². The summed E-state index contributed by atoms with van der Waals surface area (Å²) >= 11 is 0. The van der Waals surface area contributed by atoms with Crippen LogP contribution in [0.5, 0.6) is 0 Å². The molecule has 1 atom stereocenters. The first kappa shape index (κ1) is 16.1. The Morgan fingerprint density at radius 1 is 1.18 bits per heavy atom. The summed E-state index contributed by atoms with van der Waals surface area (Å²) in [5.41, 5.74) is 1.64. The van der Waals surface area contributed by atoms with Gasteiger partial charge < -0.3 is 4.74 Å². The first-order chi connectivity index (χ1) is 10.5. The lowest BCUT2D eigenvalue weighted by Crippen LogP contribution is -2.40. The Bertz CT molecular complexity index is 623. The molecule has 116 valence electrons. The molecule has 4 heteroatoms. The standard InChI is InChI=1S/C18H22N2O2/c1-5-22-17(21)18(4,13(2)3)16-12-19-15(11-20-16)14-9-7-6-8-10-14/h6-13H,5H2,1-4H3. The second-order valence-electron chi connectivity index (χ2n) is 5.73. The van der Waals surface area contributed by atoms with E-state index in [2.05, 4.69) is 9.97 Å². The Morgan fingerprint density at radius 2 is 1.86 bits per heavy atom. The normalized spacial score (nSPS) is 13.7. The van der Waals surface area contributed by atoms with E-state index in [1.807, 2.05) is 58.0 Å². The number of benzene rings is 1. The smallest absolute Gasteiger partial charge is 0.318 e. The quantitative estimate of drug-likeness (QED) is 0.791. The maximum absolute atomic E-state index is 12.4. The number of aromatic nitrogens is 2. The second kappa shape index (κ2) is 6.69. The molecule has 22 heavy (non-hydrogen) atoms. The van der Waals surface area contributed by atoms with Gasteiger partial charge in [-0.15, -0.1) is 0 Å². The molecule has 0 radical (unpaired) electrons. The molecule has 1 aromatic carbocycles. The van der Waals surface area contributed by atoms with Crippen molar-refractivity contribution in [2.45, 2.75) is 33.1 Å². The molecule has 0 bridgehead atoms. The van der Waals surface area contributed by atoms with E-state index in [1.54, 1.807) is 12.4 Å². The molecule has 1 aromatic heterocycles. The molecule has 2 aromatic rings. The third-order valence-electron chi connectivity index (χ3n) is 4.11. The third kappa shape index (κ3) is 3.01. The molecule has 1 unspecified atom stereocenters. The van der Waals surface area contributed by atoms with Gasteiger partial charge in [0.1, 0.15) is 5.41 Å². The molecule has 0 fully saturated rings. The molecule has 2 rings (SSSR count). The molecule has 0 aliphatic rings. The first-order valence-corrected chi connectivity index (χ1v) is 7.55. The van der Waals surface area contributed by atoms with Gasteiger partial charge in [-0.3, -0.25) is 14.8 Å². The fourth-order valence-electron chi connectivity index (χ4n) is 2.27. The van der Waals surface area contributed by atoms with Crippen LogP contribution in [0.25, 0.3) is 11.3 Å². The van der Waals surface area contributed by atoms with E-state index in [0.29, 0.717) is 12.3 Å². The minimum absolute atomic E-state index is 0.0587. The van der Waals surface area contributed by atoms with E-state index in [9.17, 15) is 4.79 Å². The molecule has 0 spiro atoms. The third-order valence-corrected chi connectivity index (χ3v) is 4.11. The molecule has 0 aliphatic heterocycles. The van der Waals surface area contributed by atoms with Gasteiger partial charge >= 0.3 is 5.97 Å². The van der Waals surface area contributed by atoms with Gasteiger partial charge in [0, 0.05) is 5.56 Å². The highest BCUT2D eigenvalue weighted by molar-refractivity contribution is 5.82. The van der Waals surface area contributed by atoms with Crippen molar-refractivity contribution in [3.05, 3.63) is 48.4 Å². The van der Waals surface area contributed by atoms with E-state index in [-0.39, 0.29) is 11.9 Å². The van der Waals surface area contributed by atoms with Crippen LogP contribution in [0.1, 0.15) is 33.4 Å². The van der Waals surface area contributed by atoms with Gasteiger partial charge in [-0.1, -0.05) is 44.2 Å². The average molecular weight is 298 g/mol. The number of esters is 1. The highest BCUT2D eigenvalue weighted by atomic mass is 16.5. The lowest BCUT2D eigenvalue weighted by atomic mass is 9.76. The summed E-state index contributed by atoms with van der Waals surface area (Å²) < 4.78 is 5.23. The molecule has 4 nitrogen and oxygen atoms in total. The summed E-state index contributed by atoms with van der Waals surface area (Å²) in [6.07, 6.45) is 3.39. The van der Waals surface area contributed by atoms with Gasteiger partial charge in [-0.05, 0) is 19.8 Å². The molecule has 0 aliphatic carbocycles. The van der Waals surface area contributed by atoms with Gasteiger partial charge in [-0.25, -0.2) is 0 Å². The Labute approximate surface area is 131 Å². The maximum atomic E-state index is 12.4. The predicted molar refractivity (Wildman–Crippen MR) is 86.3 cm³/mol. The molecule has 1 heterocycles. The molecule has 0 amide bonds.